The largest absolute Gasteiger partial charge is 0.497 e. The minimum absolute atomic E-state index is 0.0616. The van der Waals surface area contributed by atoms with Crippen molar-refractivity contribution in [1.82, 2.24) is 24.9 Å². The first kappa shape index (κ1) is 24.7. The van der Waals surface area contributed by atoms with Crippen LogP contribution in [0.25, 0.3) is 22.2 Å². The minimum Gasteiger partial charge on any atom is -0.497 e. The summed E-state index contributed by atoms with van der Waals surface area (Å²) in [6.45, 7) is 6.11. The maximum absolute atomic E-state index is 11.7. The maximum atomic E-state index is 11.7. The summed E-state index contributed by atoms with van der Waals surface area (Å²) in [4.78, 5) is 7.23. The summed E-state index contributed by atoms with van der Waals surface area (Å²) in [6, 6.07) is 14.5. The second kappa shape index (κ2) is 9.61. The number of aromatic nitrogens is 4. The molecule has 10 heteroatoms. The molecule has 0 spiro atoms. The highest BCUT2D eigenvalue weighted by atomic mass is 32.2. The number of pyridine rings is 1. The Labute approximate surface area is 222 Å². The van der Waals surface area contributed by atoms with Gasteiger partial charge in [-0.05, 0) is 73.2 Å². The summed E-state index contributed by atoms with van der Waals surface area (Å²) in [5, 5.41) is 15.4. The number of nitrogens with two attached hydrogens (primary N) is 1. The lowest BCUT2D eigenvalue weighted by Gasteiger charge is -2.51. The molecular weight excluding hydrogens is 500 g/mol. The molecule has 3 saturated heterocycles. The normalized spacial score (nSPS) is 23.8. The van der Waals surface area contributed by atoms with Crippen molar-refractivity contribution in [1.29, 1.82) is 0 Å². The summed E-state index contributed by atoms with van der Waals surface area (Å²) in [5.41, 5.74) is 3.43. The average Bonchev–Trinajstić information content (AvgIpc) is 3.43. The van der Waals surface area contributed by atoms with Gasteiger partial charge in [-0.3, -0.25) is 9.88 Å². The Morgan fingerprint density at radius 1 is 1.18 bits per heavy atom. The summed E-state index contributed by atoms with van der Waals surface area (Å²) in [5.74, 6) is 1.86. The van der Waals surface area contributed by atoms with E-state index in [4.69, 9.17) is 9.88 Å². The monoisotopic (exact) mass is 530 g/mol. The molecule has 2 N–H and O–H groups in total. The highest BCUT2D eigenvalue weighted by molar-refractivity contribution is 7.89. The molecule has 0 saturated carbocycles. The van der Waals surface area contributed by atoms with Gasteiger partial charge < -0.3 is 4.74 Å². The number of primary sulfonamides is 1. The molecule has 2 aromatic heterocycles. The Morgan fingerprint density at radius 3 is 2.68 bits per heavy atom. The van der Waals surface area contributed by atoms with Crippen LogP contribution in [-0.2, 0) is 10.0 Å². The van der Waals surface area contributed by atoms with E-state index in [0.717, 1.165) is 47.3 Å². The van der Waals surface area contributed by atoms with Crippen molar-refractivity contribution in [2.24, 2.45) is 17.0 Å². The topological polar surface area (TPSA) is 116 Å². The minimum atomic E-state index is -3.77. The number of hydrogen-bond donors (Lipinski definition) is 1. The van der Waals surface area contributed by atoms with Crippen LogP contribution in [0.5, 0.6) is 5.75 Å². The van der Waals surface area contributed by atoms with Gasteiger partial charge in [-0.25, -0.2) is 18.2 Å². The van der Waals surface area contributed by atoms with E-state index in [1.165, 1.54) is 18.6 Å². The molecule has 3 aliphatic rings. The fourth-order valence-electron chi connectivity index (χ4n) is 6.12. The van der Waals surface area contributed by atoms with Gasteiger partial charge in [-0.2, -0.15) is 0 Å². The third kappa shape index (κ3) is 4.38. The molecule has 0 radical (unpaired) electrons. The van der Waals surface area contributed by atoms with Gasteiger partial charge >= 0.3 is 0 Å². The van der Waals surface area contributed by atoms with E-state index in [1.807, 2.05) is 35.3 Å². The Balaban J connectivity index is 1.45. The number of rotatable bonds is 7. The van der Waals surface area contributed by atoms with Crippen molar-refractivity contribution in [2.45, 2.75) is 29.8 Å². The van der Waals surface area contributed by atoms with E-state index < -0.39 is 10.0 Å². The Hall–Kier alpha value is -3.60. The number of methoxy groups -OCH3 is 1. The third-order valence-electron chi connectivity index (χ3n) is 8.09. The lowest BCUT2D eigenvalue weighted by atomic mass is 9.73. The smallest absolute Gasteiger partial charge is 0.238 e. The molecule has 3 fully saturated rings. The third-order valence-corrected chi connectivity index (χ3v) is 9.02. The number of nitrogens with zero attached hydrogens (tertiary/aromatic N) is 5. The van der Waals surface area contributed by atoms with Gasteiger partial charge in [0.15, 0.2) is 0 Å². The molecule has 0 amide bonds. The molecule has 4 unspecified atom stereocenters. The van der Waals surface area contributed by atoms with E-state index in [1.54, 1.807) is 19.2 Å². The number of ether oxygens (including phenoxy) is 1. The number of sulfonamides is 1. The quantitative estimate of drug-likeness (QED) is 0.363. The Kier molecular flexibility index (Phi) is 6.25. The van der Waals surface area contributed by atoms with Gasteiger partial charge in [0.05, 0.1) is 29.8 Å². The van der Waals surface area contributed by atoms with Crippen LogP contribution in [0.1, 0.15) is 24.4 Å². The average molecular weight is 531 g/mol. The summed E-state index contributed by atoms with van der Waals surface area (Å²) in [7, 11) is -2.10. The maximum Gasteiger partial charge on any atom is 0.238 e. The molecule has 7 rings (SSSR count). The van der Waals surface area contributed by atoms with Gasteiger partial charge in [-0.1, -0.05) is 23.4 Å². The Morgan fingerprint density at radius 2 is 2.00 bits per heavy atom. The predicted octanol–water partition coefficient (Wildman–Crippen LogP) is 3.64. The molecule has 4 aromatic rings. The number of piperidine rings is 3. The van der Waals surface area contributed by atoms with Gasteiger partial charge in [0.2, 0.25) is 10.0 Å². The number of hydrogen-bond acceptors (Lipinski definition) is 7. The van der Waals surface area contributed by atoms with Crippen LogP contribution < -0.4 is 9.88 Å². The molecule has 2 bridgehead atoms. The molecular formula is C28H30N6O3S. The molecule has 9 nitrogen and oxygen atoms in total. The van der Waals surface area contributed by atoms with Gasteiger partial charge in [-0.15, -0.1) is 11.7 Å². The number of benzene rings is 2. The van der Waals surface area contributed by atoms with Crippen LogP contribution in [0.4, 0.5) is 0 Å². The summed E-state index contributed by atoms with van der Waals surface area (Å²) in [6.07, 6.45) is 8.10. The second-order valence-corrected chi connectivity index (χ2v) is 11.7. The van der Waals surface area contributed by atoms with Crippen molar-refractivity contribution in [3.8, 4) is 17.0 Å². The lowest BCUT2D eigenvalue weighted by Crippen LogP contribution is -2.56. The van der Waals surface area contributed by atoms with E-state index in [0.29, 0.717) is 17.5 Å². The van der Waals surface area contributed by atoms with Crippen molar-refractivity contribution in [3.63, 3.8) is 0 Å². The lowest BCUT2D eigenvalue weighted by molar-refractivity contribution is -0.000122. The highest BCUT2D eigenvalue weighted by Gasteiger charge is 2.44. The molecule has 5 heterocycles. The first-order valence-electron chi connectivity index (χ1n) is 12.7. The van der Waals surface area contributed by atoms with Crippen LogP contribution in [-0.4, -0.2) is 59.5 Å². The highest BCUT2D eigenvalue weighted by Crippen LogP contribution is 2.43. The van der Waals surface area contributed by atoms with Gasteiger partial charge in [0.1, 0.15) is 11.4 Å². The van der Waals surface area contributed by atoms with E-state index >= 15 is 0 Å². The molecule has 196 valence electrons. The van der Waals surface area contributed by atoms with Crippen LogP contribution >= 0.6 is 0 Å². The predicted molar refractivity (Wildman–Crippen MR) is 145 cm³/mol. The van der Waals surface area contributed by atoms with Crippen molar-refractivity contribution in [2.75, 3.05) is 20.2 Å². The number of fused-ring (bicyclic) bond motifs is 4. The zero-order chi connectivity index (χ0) is 26.4. The molecule has 3 aliphatic heterocycles. The molecule has 0 aliphatic carbocycles. The standard InChI is InChI=1S/C28H30N6O3S/c1-3-18-16-33-13-11-20(18)14-27(33)28(23-10-12-30-25-9-6-21(37-2)15-24(23)25)34-17-26(31-32-34)19-4-7-22(8-5-19)38(29,35)36/h3-10,12,15,17-18,20,27-28H,1,11,13-14,16H2,2H3,(H2,29,35,36)/t18?,20?,27-,28?/m1/s1. The van der Waals surface area contributed by atoms with Crippen LogP contribution in [0.15, 0.2) is 78.5 Å². The van der Waals surface area contributed by atoms with Gasteiger partial charge in [0.25, 0.3) is 0 Å². The van der Waals surface area contributed by atoms with Crippen molar-refractivity contribution in [3.05, 3.63) is 79.1 Å². The molecule has 2 aromatic carbocycles. The zero-order valence-electron chi connectivity index (χ0n) is 21.1. The second-order valence-electron chi connectivity index (χ2n) is 10.1. The molecule has 38 heavy (non-hydrogen) atoms. The fourth-order valence-corrected chi connectivity index (χ4v) is 6.64. The van der Waals surface area contributed by atoms with E-state index in [2.05, 4.69) is 38.9 Å². The van der Waals surface area contributed by atoms with E-state index in [9.17, 15) is 8.42 Å². The van der Waals surface area contributed by atoms with Crippen LogP contribution in [0.2, 0.25) is 0 Å². The summed E-state index contributed by atoms with van der Waals surface area (Å²) >= 11 is 0. The first-order valence-corrected chi connectivity index (χ1v) is 14.2. The van der Waals surface area contributed by atoms with Crippen molar-refractivity contribution >= 4 is 20.9 Å². The van der Waals surface area contributed by atoms with E-state index in [-0.39, 0.29) is 17.0 Å². The summed E-state index contributed by atoms with van der Waals surface area (Å²) < 4.78 is 30.9. The van der Waals surface area contributed by atoms with Crippen molar-refractivity contribution < 1.29 is 13.2 Å². The zero-order valence-corrected chi connectivity index (χ0v) is 22.0. The van der Waals surface area contributed by atoms with Gasteiger partial charge in [0, 0.05) is 29.7 Å². The van der Waals surface area contributed by atoms with Crippen LogP contribution in [0.3, 0.4) is 0 Å². The first-order chi connectivity index (χ1) is 18.4. The molecule has 5 atom stereocenters. The fraction of sp³-hybridized carbons (Fsp3) is 0.321. The Bertz CT molecular complexity index is 1600. The van der Waals surface area contributed by atoms with Crippen LogP contribution in [0, 0.1) is 11.8 Å². The SMILES string of the molecule is C=CC1CN2CCC1C[C@@H]2C(c1ccnc2ccc(OC)cc12)n1cc(-c2ccc(S(N)(=O)=O)cc2)nn1.